The van der Waals surface area contributed by atoms with Crippen molar-refractivity contribution in [1.29, 1.82) is 0 Å². The predicted molar refractivity (Wildman–Crippen MR) is 84.1 cm³/mol. The third kappa shape index (κ3) is 3.92. The van der Waals surface area contributed by atoms with Crippen LogP contribution in [0, 0.1) is 0 Å². The number of hydrogen-bond acceptors (Lipinski definition) is 2. The summed E-state index contributed by atoms with van der Waals surface area (Å²) >= 11 is 0. The van der Waals surface area contributed by atoms with E-state index in [9.17, 15) is 0 Å². The van der Waals surface area contributed by atoms with E-state index in [4.69, 9.17) is 4.74 Å². The number of hydrogen-bond donors (Lipinski definition) is 1. The molecule has 2 heteroatoms. The quantitative estimate of drug-likeness (QED) is 0.777. The molecule has 2 rings (SSSR count). The van der Waals surface area contributed by atoms with Gasteiger partial charge in [0.2, 0.25) is 0 Å². The van der Waals surface area contributed by atoms with E-state index in [2.05, 4.69) is 72.9 Å². The average molecular weight is 269 g/mol. The fraction of sp³-hybridized carbons (Fsp3) is 0.333. The van der Waals surface area contributed by atoms with Crippen molar-refractivity contribution in [3.8, 4) is 0 Å². The van der Waals surface area contributed by atoms with Gasteiger partial charge in [0.1, 0.15) is 0 Å². The van der Waals surface area contributed by atoms with Crippen LogP contribution in [0.5, 0.6) is 0 Å². The van der Waals surface area contributed by atoms with Crippen LogP contribution in [0.25, 0.3) is 0 Å². The van der Waals surface area contributed by atoms with Crippen molar-refractivity contribution in [1.82, 2.24) is 5.32 Å². The maximum absolute atomic E-state index is 5.12. The number of methoxy groups -OCH3 is 1. The van der Waals surface area contributed by atoms with Crippen LogP contribution in [-0.2, 0) is 4.74 Å². The van der Waals surface area contributed by atoms with Gasteiger partial charge in [0.05, 0.1) is 6.61 Å². The van der Waals surface area contributed by atoms with Gasteiger partial charge in [-0.2, -0.15) is 0 Å². The van der Waals surface area contributed by atoms with Crippen molar-refractivity contribution in [2.75, 3.05) is 20.3 Å². The molecule has 0 aliphatic carbocycles. The number of benzene rings is 2. The fourth-order valence-corrected chi connectivity index (χ4v) is 2.60. The SMILES string of the molecule is COCCNC(C)C(c1ccccc1)c1ccccc1. The summed E-state index contributed by atoms with van der Waals surface area (Å²) in [5.74, 6) is 0.356. The van der Waals surface area contributed by atoms with Gasteiger partial charge in [0, 0.05) is 25.6 Å². The molecule has 0 bridgehead atoms. The van der Waals surface area contributed by atoms with Crippen molar-refractivity contribution >= 4 is 0 Å². The molecule has 2 aromatic rings. The Morgan fingerprint density at radius 1 is 0.900 bits per heavy atom. The predicted octanol–water partition coefficient (Wildman–Crippen LogP) is 3.44. The van der Waals surface area contributed by atoms with Crippen LogP contribution in [0.15, 0.2) is 60.7 Å². The zero-order valence-corrected chi connectivity index (χ0v) is 12.3. The molecule has 1 unspecified atom stereocenters. The maximum Gasteiger partial charge on any atom is 0.0587 e. The lowest BCUT2D eigenvalue weighted by atomic mass is 9.86. The largest absolute Gasteiger partial charge is 0.383 e. The van der Waals surface area contributed by atoms with E-state index in [-0.39, 0.29) is 0 Å². The fourth-order valence-electron chi connectivity index (χ4n) is 2.60. The van der Waals surface area contributed by atoms with Gasteiger partial charge in [-0.1, -0.05) is 60.7 Å². The highest BCUT2D eigenvalue weighted by Gasteiger charge is 2.20. The Morgan fingerprint density at radius 2 is 1.40 bits per heavy atom. The summed E-state index contributed by atoms with van der Waals surface area (Å²) < 4.78 is 5.12. The normalized spacial score (nSPS) is 12.6. The maximum atomic E-state index is 5.12. The third-order valence-electron chi connectivity index (χ3n) is 3.59. The first-order chi connectivity index (χ1) is 9.83. The van der Waals surface area contributed by atoms with Crippen LogP contribution in [-0.4, -0.2) is 26.3 Å². The van der Waals surface area contributed by atoms with Gasteiger partial charge < -0.3 is 10.1 Å². The minimum atomic E-state index is 0.356. The van der Waals surface area contributed by atoms with Crippen LogP contribution in [0.2, 0.25) is 0 Å². The average Bonchev–Trinajstić information content (AvgIpc) is 2.50. The van der Waals surface area contributed by atoms with Gasteiger partial charge in [-0.15, -0.1) is 0 Å². The minimum absolute atomic E-state index is 0.356. The first kappa shape index (κ1) is 14.8. The molecular formula is C18H23NO. The van der Waals surface area contributed by atoms with Crippen LogP contribution < -0.4 is 5.32 Å². The van der Waals surface area contributed by atoms with E-state index in [1.165, 1.54) is 11.1 Å². The molecule has 0 amide bonds. The second-order valence-electron chi connectivity index (χ2n) is 5.03. The van der Waals surface area contributed by atoms with Crippen molar-refractivity contribution in [2.24, 2.45) is 0 Å². The molecule has 0 fully saturated rings. The lowest BCUT2D eigenvalue weighted by Gasteiger charge is -2.26. The van der Waals surface area contributed by atoms with Crippen LogP contribution >= 0.6 is 0 Å². The zero-order chi connectivity index (χ0) is 14.2. The Kier molecular flexibility index (Phi) is 5.78. The summed E-state index contributed by atoms with van der Waals surface area (Å²) in [6, 6.07) is 21.7. The Balaban J connectivity index is 2.21. The van der Waals surface area contributed by atoms with E-state index in [1.807, 2.05) is 0 Å². The summed E-state index contributed by atoms with van der Waals surface area (Å²) in [6.07, 6.45) is 0. The molecule has 0 radical (unpaired) electrons. The van der Waals surface area contributed by atoms with Gasteiger partial charge in [-0.3, -0.25) is 0 Å². The summed E-state index contributed by atoms with van der Waals surface area (Å²) in [4.78, 5) is 0. The van der Waals surface area contributed by atoms with Crippen molar-refractivity contribution in [3.05, 3.63) is 71.8 Å². The highest BCUT2D eigenvalue weighted by Crippen LogP contribution is 2.27. The van der Waals surface area contributed by atoms with Gasteiger partial charge >= 0.3 is 0 Å². The molecule has 0 aromatic heterocycles. The van der Waals surface area contributed by atoms with Crippen LogP contribution in [0.1, 0.15) is 24.0 Å². The molecule has 0 spiro atoms. The summed E-state index contributed by atoms with van der Waals surface area (Å²) in [7, 11) is 1.73. The highest BCUT2D eigenvalue weighted by molar-refractivity contribution is 5.34. The third-order valence-corrected chi connectivity index (χ3v) is 3.59. The van der Waals surface area contributed by atoms with Crippen molar-refractivity contribution in [2.45, 2.75) is 18.9 Å². The lowest BCUT2D eigenvalue weighted by Crippen LogP contribution is -2.35. The molecule has 1 N–H and O–H groups in total. The standard InChI is InChI=1S/C18H23NO/c1-15(19-13-14-20-2)18(16-9-5-3-6-10-16)17-11-7-4-8-12-17/h3-12,15,18-19H,13-14H2,1-2H3. The molecular weight excluding hydrogens is 246 g/mol. The van der Waals surface area contributed by atoms with E-state index < -0.39 is 0 Å². The second-order valence-corrected chi connectivity index (χ2v) is 5.03. The van der Waals surface area contributed by atoms with E-state index in [0.29, 0.717) is 12.0 Å². The molecule has 0 aliphatic heterocycles. The number of rotatable bonds is 7. The Hall–Kier alpha value is -1.64. The molecule has 20 heavy (non-hydrogen) atoms. The van der Waals surface area contributed by atoms with Crippen LogP contribution in [0.3, 0.4) is 0 Å². The van der Waals surface area contributed by atoms with Gasteiger partial charge in [-0.05, 0) is 18.1 Å². The lowest BCUT2D eigenvalue weighted by molar-refractivity contribution is 0.195. The molecule has 106 valence electrons. The molecule has 1 atom stereocenters. The Labute approximate surface area is 121 Å². The topological polar surface area (TPSA) is 21.3 Å². The zero-order valence-electron chi connectivity index (χ0n) is 12.3. The van der Waals surface area contributed by atoms with Gasteiger partial charge in [0.15, 0.2) is 0 Å². The van der Waals surface area contributed by atoms with Gasteiger partial charge in [0.25, 0.3) is 0 Å². The van der Waals surface area contributed by atoms with E-state index >= 15 is 0 Å². The molecule has 0 saturated carbocycles. The molecule has 2 nitrogen and oxygen atoms in total. The van der Waals surface area contributed by atoms with Gasteiger partial charge in [-0.25, -0.2) is 0 Å². The smallest absolute Gasteiger partial charge is 0.0587 e. The summed E-state index contributed by atoms with van der Waals surface area (Å²) in [6.45, 7) is 3.84. The molecule has 2 aromatic carbocycles. The van der Waals surface area contributed by atoms with Crippen molar-refractivity contribution in [3.63, 3.8) is 0 Å². The highest BCUT2D eigenvalue weighted by atomic mass is 16.5. The van der Waals surface area contributed by atoms with Crippen molar-refractivity contribution < 1.29 is 4.74 Å². The first-order valence-corrected chi connectivity index (χ1v) is 7.15. The minimum Gasteiger partial charge on any atom is -0.383 e. The second kappa shape index (κ2) is 7.83. The first-order valence-electron chi connectivity index (χ1n) is 7.15. The number of nitrogens with one attached hydrogen (secondary N) is 1. The summed E-state index contributed by atoms with van der Waals surface area (Å²) in [5.41, 5.74) is 2.69. The Bertz CT molecular complexity index is 444. The number of ether oxygens (including phenoxy) is 1. The molecule has 0 heterocycles. The summed E-state index contributed by atoms with van der Waals surface area (Å²) in [5, 5.41) is 3.56. The van der Waals surface area contributed by atoms with E-state index in [1.54, 1.807) is 7.11 Å². The van der Waals surface area contributed by atoms with E-state index in [0.717, 1.165) is 13.2 Å². The monoisotopic (exact) mass is 269 g/mol. The molecule has 0 saturated heterocycles. The Morgan fingerprint density at radius 3 is 1.85 bits per heavy atom. The molecule has 0 aliphatic rings. The van der Waals surface area contributed by atoms with Crippen LogP contribution in [0.4, 0.5) is 0 Å².